The number of methoxy groups -OCH3 is 2. The van der Waals surface area contributed by atoms with E-state index >= 15 is 0 Å². The predicted molar refractivity (Wildman–Crippen MR) is 90.2 cm³/mol. The van der Waals surface area contributed by atoms with Gasteiger partial charge in [-0.1, -0.05) is 6.07 Å². The van der Waals surface area contributed by atoms with Crippen LogP contribution in [-0.4, -0.2) is 32.6 Å². The van der Waals surface area contributed by atoms with E-state index in [1.807, 2.05) is 12.1 Å². The van der Waals surface area contributed by atoms with Gasteiger partial charge in [-0.25, -0.2) is 0 Å². The van der Waals surface area contributed by atoms with Crippen molar-refractivity contribution < 1.29 is 14.3 Å². The van der Waals surface area contributed by atoms with Crippen LogP contribution in [0.15, 0.2) is 41.7 Å². The summed E-state index contributed by atoms with van der Waals surface area (Å²) in [5.41, 5.74) is 3.49. The van der Waals surface area contributed by atoms with Gasteiger partial charge < -0.3 is 14.8 Å². The van der Waals surface area contributed by atoms with Gasteiger partial charge in [0.1, 0.15) is 5.75 Å². The number of ketones is 1. The molecule has 1 N–H and O–H groups in total. The van der Waals surface area contributed by atoms with Crippen LogP contribution < -0.4 is 10.1 Å². The van der Waals surface area contributed by atoms with Gasteiger partial charge in [-0.2, -0.15) is 0 Å². The fourth-order valence-corrected chi connectivity index (χ4v) is 4.09. The molecule has 5 heteroatoms. The van der Waals surface area contributed by atoms with E-state index in [0.717, 1.165) is 30.7 Å². The molecule has 3 aliphatic rings. The molecule has 1 fully saturated rings. The van der Waals surface area contributed by atoms with Gasteiger partial charge in [0.05, 0.1) is 14.2 Å². The highest BCUT2D eigenvalue weighted by molar-refractivity contribution is 6.05. The van der Waals surface area contributed by atoms with Crippen LogP contribution in [-0.2, 0) is 21.4 Å². The lowest BCUT2D eigenvalue weighted by molar-refractivity contribution is -0.114. The zero-order valence-electron chi connectivity index (χ0n) is 13.2. The summed E-state index contributed by atoms with van der Waals surface area (Å²) >= 11 is 0. The molecule has 2 bridgehead atoms. The Balaban J connectivity index is 0.00000156. The molecule has 4 rings (SSSR count). The molecule has 23 heavy (non-hydrogen) atoms. The van der Waals surface area contributed by atoms with E-state index in [4.69, 9.17) is 9.47 Å². The Hall–Kier alpha value is -1.78. The van der Waals surface area contributed by atoms with E-state index in [9.17, 15) is 4.79 Å². The number of hydrogen-bond acceptors (Lipinski definition) is 4. The number of benzene rings is 1. The SMILES string of the molecule is COC1=CC23CC(Cc4cc(OC)ccc42)NCC3=CC1=O.Cl. The summed E-state index contributed by atoms with van der Waals surface area (Å²) in [6, 6.07) is 6.68. The molecule has 1 heterocycles. The monoisotopic (exact) mass is 333 g/mol. The third kappa shape index (κ3) is 2.28. The number of hydrogen-bond donors (Lipinski definition) is 1. The minimum absolute atomic E-state index is 0. The quantitative estimate of drug-likeness (QED) is 0.902. The first-order valence-electron chi connectivity index (χ1n) is 7.59. The highest BCUT2D eigenvalue weighted by Gasteiger charge is 2.47. The van der Waals surface area contributed by atoms with Gasteiger partial charge in [-0.3, -0.25) is 4.79 Å². The van der Waals surface area contributed by atoms with Crippen molar-refractivity contribution in [2.24, 2.45) is 0 Å². The molecular weight excluding hydrogens is 314 g/mol. The number of halogens is 1. The molecule has 0 saturated carbocycles. The molecule has 1 aliphatic heterocycles. The van der Waals surface area contributed by atoms with Gasteiger partial charge in [-0.15, -0.1) is 12.4 Å². The van der Waals surface area contributed by atoms with Crippen molar-refractivity contribution in [3.63, 3.8) is 0 Å². The summed E-state index contributed by atoms with van der Waals surface area (Å²) in [5, 5.41) is 3.54. The molecule has 2 atom stereocenters. The molecule has 2 aliphatic carbocycles. The average molecular weight is 334 g/mol. The summed E-state index contributed by atoms with van der Waals surface area (Å²) in [6.45, 7) is 0.759. The zero-order valence-corrected chi connectivity index (χ0v) is 14.0. The zero-order chi connectivity index (χ0) is 15.3. The smallest absolute Gasteiger partial charge is 0.220 e. The topological polar surface area (TPSA) is 47.6 Å². The maximum atomic E-state index is 12.1. The summed E-state index contributed by atoms with van der Waals surface area (Å²) in [4.78, 5) is 12.1. The first-order valence-corrected chi connectivity index (χ1v) is 7.59. The predicted octanol–water partition coefficient (Wildman–Crippen LogP) is 2.31. The van der Waals surface area contributed by atoms with Gasteiger partial charge in [0, 0.05) is 18.0 Å². The van der Waals surface area contributed by atoms with Crippen molar-refractivity contribution in [3.8, 4) is 5.75 Å². The molecule has 0 amide bonds. The van der Waals surface area contributed by atoms with Crippen LogP contribution in [0.1, 0.15) is 17.5 Å². The van der Waals surface area contributed by atoms with Crippen LogP contribution in [0.5, 0.6) is 5.75 Å². The van der Waals surface area contributed by atoms with Crippen LogP contribution in [0.3, 0.4) is 0 Å². The normalized spacial score (nSPS) is 27.7. The van der Waals surface area contributed by atoms with E-state index in [0.29, 0.717) is 11.8 Å². The lowest BCUT2D eigenvalue weighted by Crippen LogP contribution is -2.53. The lowest BCUT2D eigenvalue weighted by Gasteiger charge is -2.48. The molecule has 1 spiro atoms. The number of nitrogens with one attached hydrogen (secondary N) is 1. The second kappa shape index (κ2) is 5.69. The van der Waals surface area contributed by atoms with E-state index in [2.05, 4.69) is 17.4 Å². The fraction of sp³-hybridized carbons (Fsp3) is 0.389. The van der Waals surface area contributed by atoms with Crippen LogP contribution in [0, 0.1) is 0 Å². The number of carbonyl (C=O) groups is 1. The summed E-state index contributed by atoms with van der Waals surface area (Å²) in [5.74, 6) is 1.29. The Labute approximate surface area is 142 Å². The molecule has 0 aromatic heterocycles. The summed E-state index contributed by atoms with van der Waals surface area (Å²) in [6.07, 6.45) is 5.74. The molecule has 1 saturated heterocycles. The first kappa shape index (κ1) is 16.1. The largest absolute Gasteiger partial charge is 0.497 e. The standard InChI is InChI=1S/C18H19NO3.ClH/c1-21-14-3-4-15-11(6-14)5-13-8-18(15)9-17(22-2)16(20)7-12(18)10-19-13;/h3-4,6-7,9,13,19H,5,8,10H2,1-2H3;1H. The summed E-state index contributed by atoms with van der Waals surface area (Å²) in [7, 11) is 3.25. The van der Waals surface area contributed by atoms with Gasteiger partial charge in [0.25, 0.3) is 0 Å². The Morgan fingerprint density at radius 2 is 2.09 bits per heavy atom. The Kier molecular flexibility index (Phi) is 3.98. The number of allylic oxidation sites excluding steroid dienone is 2. The number of fused-ring (bicyclic) bond motifs is 2. The van der Waals surface area contributed by atoms with Gasteiger partial charge in [0.2, 0.25) is 5.78 Å². The van der Waals surface area contributed by atoms with E-state index in [1.54, 1.807) is 20.3 Å². The lowest BCUT2D eigenvalue weighted by atomic mass is 9.60. The Morgan fingerprint density at radius 3 is 2.83 bits per heavy atom. The minimum atomic E-state index is -0.213. The highest BCUT2D eigenvalue weighted by Crippen LogP contribution is 2.49. The molecule has 1 aromatic rings. The maximum absolute atomic E-state index is 12.1. The van der Waals surface area contributed by atoms with Gasteiger partial charge in [0.15, 0.2) is 5.76 Å². The van der Waals surface area contributed by atoms with Crippen molar-refractivity contribution in [3.05, 3.63) is 52.8 Å². The number of carbonyl (C=O) groups excluding carboxylic acids is 1. The van der Waals surface area contributed by atoms with Crippen LogP contribution in [0.25, 0.3) is 0 Å². The third-order valence-electron chi connectivity index (χ3n) is 5.13. The minimum Gasteiger partial charge on any atom is -0.497 e. The molecule has 4 nitrogen and oxygen atoms in total. The van der Waals surface area contributed by atoms with Gasteiger partial charge >= 0.3 is 0 Å². The van der Waals surface area contributed by atoms with Crippen molar-refractivity contribution >= 4 is 18.2 Å². The average Bonchev–Trinajstić information content (AvgIpc) is 2.54. The number of ether oxygens (including phenoxy) is 2. The van der Waals surface area contributed by atoms with E-state index < -0.39 is 0 Å². The van der Waals surface area contributed by atoms with E-state index in [-0.39, 0.29) is 23.6 Å². The Bertz CT molecular complexity index is 725. The van der Waals surface area contributed by atoms with E-state index in [1.165, 1.54) is 11.1 Å². The van der Waals surface area contributed by atoms with Crippen molar-refractivity contribution in [2.45, 2.75) is 24.3 Å². The van der Waals surface area contributed by atoms with Crippen LogP contribution in [0.2, 0.25) is 0 Å². The molecular formula is C18H20ClNO3. The molecule has 1 aromatic carbocycles. The molecule has 2 unspecified atom stereocenters. The summed E-state index contributed by atoms with van der Waals surface area (Å²) < 4.78 is 10.7. The van der Waals surface area contributed by atoms with Crippen molar-refractivity contribution in [1.82, 2.24) is 5.32 Å². The van der Waals surface area contributed by atoms with Gasteiger partial charge in [-0.05, 0) is 53.8 Å². The van der Waals surface area contributed by atoms with Crippen molar-refractivity contribution in [1.29, 1.82) is 0 Å². The fourth-order valence-electron chi connectivity index (χ4n) is 4.09. The highest BCUT2D eigenvalue weighted by atomic mass is 35.5. The third-order valence-corrected chi connectivity index (χ3v) is 5.13. The first-order chi connectivity index (χ1) is 10.7. The molecule has 0 radical (unpaired) electrons. The van der Waals surface area contributed by atoms with Crippen LogP contribution >= 0.6 is 12.4 Å². The second-order valence-electron chi connectivity index (χ2n) is 6.23. The van der Waals surface area contributed by atoms with Crippen LogP contribution in [0.4, 0.5) is 0 Å². The molecule has 122 valence electrons. The number of piperidine rings is 1. The van der Waals surface area contributed by atoms with Crippen molar-refractivity contribution in [2.75, 3.05) is 20.8 Å². The number of rotatable bonds is 2. The Morgan fingerprint density at radius 1 is 1.26 bits per heavy atom. The second-order valence-corrected chi connectivity index (χ2v) is 6.23. The maximum Gasteiger partial charge on any atom is 0.220 e.